The Morgan fingerprint density at radius 1 is 1.33 bits per heavy atom. The van der Waals surface area contributed by atoms with Crippen LogP contribution in [-0.2, 0) is 4.74 Å². The number of carbonyl (C=O) groups is 1. The molecule has 1 fully saturated rings. The van der Waals surface area contributed by atoms with E-state index in [2.05, 4.69) is 40.2 Å². The molecule has 1 aromatic rings. The number of likely N-dealkylation sites (tertiary alicyclic amines) is 1. The third-order valence-electron chi connectivity index (χ3n) is 3.36. The van der Waals surface area contributed by atoms with Crippen LogP contribution in [0.5, 0.6) is 0 Å². The summed E-state index contributed by atoms with van der Waals surface area (Å²) in [6.45, 7) is 3.87. The number of hydrogen-bond acceptors (Lipinski definition) is 2. The largest absolute Gasteiger partial charge is 0.450 e. The third kappa shape index (κ3) is 3.25. The van der Waals surface area contributed by atoms with Gasteiger partial charge >= 0.3 is 6.09 Å². The predicted octanol–water partition coefficient (Wildman–Crippen LogP) is 3.79. The highest BCUT2D eigenvalue weighted by Gasteiger charge is 2.24. The van der Waals surface area contributed by atoms with E-state index in [0.717, 1.165) is 30.4 Å². The third-order valence-corrected chi connectivity index (χ3v) is 3.89. The lowest BCUT2D eigenvalue weighted by molar-refractivity contribution is 0.0971. The van der Waals surface area contributed by atoms with E-state index in [4.69, 9.17) is 4.74 Å². The summed E-state index contributed by atoms with van der Waals surface area (Å²) in [5.74, 6) is 0.559. The van der Waals surface area contributed by atoms with Crippen LogP contribution in [-0.4, -0.2) is 30.7 Å². The average molecular weight is 312 g/mol. The van der Waals surface area contributed by atoms with Gasteiger partial charge < -0.3 is 9.64 Å². The van der Waals surface area contributed by atoms with Crippen molar-refractivity contribution in [3.8, 4) is 0 Å². The van der Waals surface area contributed by atoms with Crippen LogP contribution >= 0.6 is 15.9 Å². The fourth-order valence-corrected chi connectivity index (χ4v) is 2.61. The van der Waals surface area contributed by atoms with Gasteiger partial charge in [-0.2, -0.15) is 0 Å². The van der Waals surface area contributed by atoms with Crippen molar-refractivity contribution in [3.05, 3.63) is 34.3 Å². The van der Waals surface area contributed by atoms with E-state index < -0.39 is 0 Å². The normalized spacial score (nSPS) is 16.7. The molecular weight excluding hydrogens is 294 g/mol. The number of piperidine rings is 1. The molecule has 1 heterocycles. The molecule has 0 saturated carbocycles. The maximum absolute atomic E-state index is 11.6. The monoisotopic (exact) mass is 311 g/mol. The molecule has 1 saturated heterocycles. The van der Waals surface area contributed by atoms with Crippen molar-refractivity contribution in [2.45, 2.75) is 25.7 Å². The van der Waals surface area contributed by atoms with Gasteiger partial charge in [0.1, 0.15) is 0 Å². The molecule has 0 aliphatic carbocycles. The molecular formula is C14H18BrNO2. The zero-order valence-corrected chi connectivity index (χ0v) is 12.1. The molecule has 0 N–H and O–H groups in total. The summed E-state index contributed by atoms with van der Waals surface area (Å²) < 4.78 is 6.13. The lowest BCUT2D eigenvalue weighted by Crippen LogP contribution is -2.38. The van der Waals surface area contributed by atoms with Crippen LogP contribution in [0, 0.1) is 0 Å². The lowest BCUT2D eigenvalue weighted by Gasteiger charge is -2.31. The quantitative estimate of drug-likeness (QED) is 0.831. The molecule has 0 radical (unpaired) electrons. The second-order valence-electron chi connectivity index (χ2n) is 4.51. The molecule has 0 unspecified atom stereocenters. The van der Waals surface area contributed by atoms with E-state index in [1.54, 1.807) is 4.90 Å². The van der Waals surface area contributed by atoms with Gasteiger partial charge in [-0.3, -0.25) is 0 Å². The van der Waals surface area contributed by atoms with E-state index in [1.165, 1.54) is 5.56 Å². The van der Waals surface area contributed by atoms with Crippen LogP contribution in [0.2, 0.25) is 0 Å². The number of amides is 1. The predicted molar refractivity (Wildman–Crippen MR) is 74.7 cm³/mol. The minimum absolute atomic E-state index is 0.174. The number of nitrogens with zero attached hydrogens (tertiary/aromatic N) is 1. The van der Waals surface area contributed by atoms with Gasteiger partial charge in [0.25, 0.3) is 0 Å². The first-order chi connectivity index (χ1) is 8.70. The number of carbonyl (C=O) groups excluding carboxylic acids is 1. The Labute approximate surface area is 116 Å². The van der Waals surface area contributed by atoms with Gasteiger partial charge in [-0.25, -0.2) is 4.79 Å². The summed E-state index contributed by atoms with van der Waals surface area (Å²) in [5.41, 5.74) is 1.36. The number of ether oxygens (including phenoxy) is 1. The number of halogens is 1. The molecule has 1 aromatic carbocycles. The molecule has 3 nitrogen and oxygen atoms in total. The number of rotatable bonds is 2. The minimum Gasteiger partial charge on any atom is -0.450 e. The molecule has 0 spiro atoms. The van der Waals surface area contributed by atoms with E-state index >= 15 is 0 Å². The van der Waals surface area contributed by atoms with Gasteiger partial charge in [0, 0.05) is 17.6 Å². The fraction of sp³-hybridized carbons (Fsp3) is 0.500. The van der Waals surface area contributed by atoms with Crippen LogP contribution in [0.1, 0.15) is 31.2 Å². The van der Waals surface area contributed by atoms with Gasteiger partial charge in [-0.05, 0) is 43.4 Å². The van der Waals surface area contributed by atoms with Crippen LogP contribution in [0.15, 0.2) is 28.7 Å². The summed E-state index contributed by atoms with van der Waals surface area (Å²) in [7, 11) is 0. The van der Waals surface area contributed by atoms with Crippen LogP contribution in [0.3, 0.4) is 0 Å². The van der Waals surface area contributed by atoms with Crippen molar-refractivity contribution >= 4 is 22.0 Å². The second kappa shape index (κ2) is 6.23. The van der Waals surface area contributed by atoms with Crippen molar-refractivity contribution in [2.24, 2.45) is 0 Å². The van der Waals surface area contributed by atoms with Crippen molar-refractivity contribution in [1.82, 2.24) is 4.90 Å². The van der Waals surface area contributed by atoms with Crippen molar-refractivity contribution in [3.63, 3.8) is 0 Å². The summed E-state index contributed by atoms with van der Waals surface area (Å²) in [6.07, 6.45) is 1.85. The smallest absolute Gasteiger partial charge is 0.409 e. The SMILES string of the molecule is CCOC(=O)N1CCC(c2ccc(Br)cc2)CC1. The maximum Gasteiger partial charge on any atom is 0.409 e. The zero-order chi connectivity index (χ0) is 13.0. The first-order valence-electron chi connectivity index (χ1n) is 6.38. The van der Waals surface area contributed by atoms with E-state index in [1.807, 2.05) is 6.92 Å². The summed E-state index contributed by atoms with van der Waals surface area (Å²) in [4.78, 5) is 13.4. The molecule has 0 bridgehead atoms. The van der Waals surface area contributed by atoms with Crippen LogP contribution in [0.25, 0.3) is 0 Å². The Morgan fingerprint density at radius 2 is 1.94 bits per heavy atom. The topological polar surface area (TPSA) is 29.5 Å². The van der Waals surface area contributed by atoms with Crippen molar-refractivity contribution in [2.75, 3.05) is 19.7 Å². The molecule has 1 aliphatic heterocycles. The zero-order valence-electron chi connectivity index (χ0n) is 10.6. The maximum atomic E-state index is 11.6. The second-order valence-corrected chi connectivity index (χ2v) is 5.43. The minimum atomic E-state index is -0.174. The van der Waals surface area contributed by atoms with Gasteiger partial charge in [0.05, 0.1) is 6.61 Å². The van der Waals surface area contributed by atoms with E-state index in [9.17, 15) is 4.79 Å². The molecule has 1 aliphatic rings. The van der Waals surface area contributed by atoms with E-state index in [-0.39, 0.29) is 6.09 Å². The molecule has 0 aromatic heterocycles. The van der Waals surface area contributed by atoms with Gasteiger partial charge in [0.15, 0.2) is 0 Å². The van der Waals surface area contributed by atoms with Crippen LogP contribution < -0.4 is 0 Å². The fourth-order valence-electron chi connectivity index (χ4n) is 2.35. The molecule has 2 rings (SSSR count). The summed E-state index contributed by atoms with van der Waals surface area (Å²) in [6, 6.07) is 8.48. The molecule has 0 atom stereocenters. The lowest BCUT2D eigenvalue weighted by atomic mass is 9.90. The van der Waals surface area contributed by atoms with Gasteiger partial charge in [-0.1, -0.05) is 28.1 Å². The Kier molecular flexibility index (Phi) is 4.64. The molecule has 1 amide bonds. The summed E-state index contributed by atoms with van der Waals surface area (Å²) in [5, 5.41) is 0. The molecule has 18 heavy (non-hydrogen) atoms. The molecule has 4 heteroatoms. The number of hydrogen-bond donors (Lipinski definition) is 0. The average Bonchev–Trinajstić information content (AvgIpc) is 2.40. The molecule has 98 valence electrons. The first kappa shape index (κ1) is 13.4. The van der Waals surface area contributed by atoms with Gasteiger partial charge in [-0.15, -0.1) is 0 Å². The number of benzene rings is 1. The Morgan fingerprint density at radius 3 is 2.50 bits per heavy atom. The highest BCUT2D eigenvalue weighted by atomic mass is 79.9. The standard InChI is InChI=1S/C14H18BrNO2/c1-2-18-14(17)16-9-7-12(8-10-16)11-3-5-13(15)6-4-11/h3-6,12H,2,7-10H2,1H3. The van der Waals surface area contributed by atoms with E-state index in [0.29, 0.717) is 12.5 Å². The Bertz CT molecular complexity index is 397. The Balaban J connectivity index is 1.90. The summed E-state index contributed by atoms with van der Waals surface area (Å²) >= 11 is 3.45. The highest BCUT2D eigenvalue weighted by Crippen LogP contribution is 2.29. The Hall–Kier alpha value is -1.03. The van der Waals surface area contributed by atoms with Crippen molar-refractivity contribution < 1.29 is 9.53 Å². The highest BCUT2D eigenvalue weighted by molar-refractivity contribution is 9.10. The van der Waals surface area contributed by atoms with Gasteiger partial charge in [0.2, 0.25) is 0 Å². The van der Waals surface area contributed by atoms with Crippen LogP contribution in [0.4, 0.5) is 4.79 Å². The first-order valence-corrected chi connectivity index (χ1v) is 7.17. The van der Waals surface area contributed by atoms with Crippen molar-refractivity contribution in [1.29, 1.82) is 0 Å².